The Kier molecular flexibility index (Phi) is 9.00. The summed E-state index contributed by atoms with van der Waals surface area (Å²) in [4.78, 5) is 30.9. The number of aryl methyl sites for hydroxylation is 1. The van der Waals surface area contributed by atoms with E-state index in [2.05, 4.69) is 20.3 Å². The Hall–Kier alpha value is -3.56. The number of pyridine rings is 3. The van der Waals surface area contributed by atoms with Gasteiger partial charge in [0.1, 0.15) is 17.0 Å². The van der Waals surface area contributed by atoms with Crippen LogP contribution in [0.4, 0.5) is 14.5 Å². The highest BCUT2D eigenvalue weighted by Crippen LogP contribution is 2.37. The molecule has 0 spiro atoms. The van der Waals surface area contributed by atoms with Gasteiger partial charge in [-0.15, -0.1) is 0 Å². The Morgan fingerprint density at radius 1 is 1.11 bits per heavy atom. The molecule has 0 amide bonds. The van der Waals surface area contributed by atoms with E-state index in [9.17, 15) is 23.1 Å². The zero-order chi connectivity index (χ0) is 25.5. The first-order chi connectivity index (χ1) is 16.5. The lowest BCUT2D eigenvalue weighted by Gasteiger charge is -2.20. The molecule has 9 N–H and O–H groups in total. The second-order valence-electron chi connectivity index (χ2n) is 7.74. The molecule has 0 aliphatic rings. The van der Waals surface area contributed by atoms with Crippen LogP contribution in [0.1, 0.15) is 29.8 Å². The fourth-order valence-corrected chi connectivity index (χ4v) is 4.20. The molecule has 0 aliphatic carbocycles. The molecule has 3 heterocycles. The summed E-state index contributed by atoms with van der Waals surface area (Å²) in [5.41, 5.74) is 1.13. The number of halogens is 3. The molecule has 4 aromatic rings. The molecule has 0 radical (unpaired) electrons. The number of hydrogen-bond acceptors (Lipinski definition) is 8. The van der Waals surface area contributed by atoms with Crippen LogP contribution in [0.25, 0.3) is 22.3 Å². The van der Waals surface area contributed by atoms with Crippen molar-refractivity contribution in [1.82, 2.24) is 27.3 Å². The SMILES string of the molecule is Cc1nc2cc(F)c(-c3ccc(P(=O)(O)O)nc3)nc2c(NC(C)c2cc(C#N)ccc2F)c1Cl.N.N. The number of nitrogens with one attached hydrogen (secondary N) is 1. The van der Waals surface area contributed by atoms with E-state index in [-0.39, 0.29) is 56.4 Å². The van der Waals surface area contributed by atoms with E-state index >= 15 is 0 Å². The number of aromatic nitrogens is 3. The second kappa shape index (κ2) is 11.2. The molecular formula is C23H23ClF2N7O3P. The first kappa shape index (κ1) is 29.7. The van der Waals surface area contributed by atoms with E-state index < -0.39 is 30.7 Å². The predicted octanol–water partition coefficient (Wildman–Crippen LogP) is 5.10. The van der Waals surface area contributed by atoms with Gasteiger partial charge in [0.25, 0.3) is 0 Å². The van der Waals surface area contributed by atoms with E-state index in [0.29, 0.717) is 5.69 Å². The standard InChI is InChI=1S/C23H17ClF2N5O3P.2H3N/c1-11(15-7-13(9-27)3-5-16(15)25)30-23-20(24)12(2)29-18-8-17(26)21(31-22(18)23)14-4-6-19(28-10-14)35(32,33)34;;/h3-8,10-11H,1-2H3,(H,29,30)(H2,32,33,34);2*1H3. The highest BCUT2D eigenvalue weighted by Gasteiger charge is 2.22. The molecule has 0 saturated carbocycles. The summed E-state index contributed by atoms with van der Waals surface area (Å²) in [6.07, 6.45) is 1.10. The molecule has 3 aromatic heterocycles. The van der Waals surface area contributed by atoms with Crippen molar-refractivity contribution in [3.63, 3.8) is 0 Å². The maximum Gasteiger partial charge on any atom is 0.374 e. The minimum atomic E-state index is -4.57. The smallest absolute Gasteiger partial charge is 0.374 e. The second-order valence-corrected chi connectivity index (χ2v) is 9.66. The van der Waals surface area contributed by atoms with Gasteiger partial charge in [0.15, 0.2) is 11.3 Å². The molecule has 37 heavy (non-hydrogen) atoms. The average molecular weight is 550 g/mol. The van der Waals surface area contributed by atoms with Crippen molar-refractivity contribution in [1.29, 1.82) is 5.26 Å². The quantitative estimate of drug-likeness (QED) is 0.208. The van der Waals surface area contributed by atoms with Gasteiger partial charge in [-0.05, 0) is 44.2 Å². The highest BCUT2D eigenvalue weighted by molar-refractivity contribution is 7.60. The monoisotopic (exact) mass is 549 g/mol. The zero-order valence-corrected chi connectivity index (χ0v) is 21.4. The van der Waals surface area contributed by atoms with E-state index in [4.69, 9.17) is 16.9 Å². The van der Waals surface area contributed by atoms with Crippen LogP contribution in [-0.2, 0) is 4.57 Å². The number of nitriles is 1. The number of benzene rings is 1. The van der Waals surface area contributed by atoms with Gasteiger partial charge in [0.05, 0.1) is 39.6 Å². The van der Waals surface area contributed by atoms with Crippen molar-refractivity contribution in [3.05, 3.63) is 76.1 Å². The molecule has 0 fully saturated rings. The molecule has 0 aliphatic heterocycles. The predicted molar refractivity (Wildman–Crippen MR) is 137 cm³/mol. The first-order valence-corrected chi connectivity index (χ1v) is 12.1. The van der Waals surface area contributed by atoms with E-state index in [1.54, 1.807) is 13.8 Å². The Morgan fingerprint density at radius 2 is 1.81 bits per heavy atom. The molecule has 1 unspecified atom stereocenters. The first-order valence-electron chi connectivity index (χ1n) is 10.1. The summed E-state index contributed by atoms with van der Waals surface area (Å²) in [5, 5.41) is 12.5. The van der Waals surface area contributed by atoms with Gasteiger partial charge in [-0.2, -0.15) is 5.26 Å². The highest BCUT2D eigenvalue weighted by atomic mass is 35.5. The lowest BCUT2D eigenvalue weighted by Crippen LogP contribution is -2.11. The van der Waals surface area contributed by atoms with Gasteiger partial charge < -0.3 is 27.4 Å². The number of nitrogens with zero attached hydrogens (tertiary/aromatic N) is 4. The van der Waals surface area contributed by atoms with Gasteiger partial charge in [-0.1, -0.05) is 11.6 Å². The van der Waals surface area contributed by atoms with E-state index in [0.717, 1.165) is 18.3 Å². The normalized spacial score (nSPS) is 11.7. The molecule has 4 rings (SSSR count). The van der Waals surface area contributed by atoms with Crippen LogP contribution in [0.2, 0.25) is 5.02 Å². The van der Waals surface area contributed by atoms with Gasteiger partial charge in [0.2, 0.25) is 0 Å². The van der Waals surface area contributed by atoms with Crippen molar-refractivity contribution >= 4 is 41.4 Å². The third-order valence-corrected chi connectivity index (χ3v) is 6.61. The third kappa shape index (κ3) is 5.89. The van der Waals surface area contributed by atoms with E-state index in [1.165, 1.54) is 24.3 Å². The maximum absolute atomic E-state index is 15.0. The molecular weight excluding hydrogens is 527 g/mol. The Labute approximate surface area is 215 Å². The van der Waals surface area contributed by atoms with Crippen LogP contribution in [0.3, 0.4) is 0 Å². The topological polar surface area (TPSA) is 202 Å². The molecule has 10 nitrogen and oxygen atoms in total. The fraction of sp³-hybridized carbons (Fsp3) is 0.130. The number of hydrogen-bond donors (Lipinski definition) is 5. The molecule has 194 valence electrons. The molecule has 1 atom stereocenters. The van der Waals surface area contributed by atoms with Crippen LogP contribution >= 0.6 is 19.2 Å². The molecule has 0 bridgehead atoms. The largest absolute Gasteiger partial charge is 0.375 e. The van der Waals surface area contributed by atoms with Crippen LogP contribution in [0, 0.1) is 29.9 Å². The average Bonchev–Trinajstić information content (AvgIpc) is 2.81. The Morgan fingerprint density at radius 3 is 2.41 bits per heavy atom. The van der Waals surface area contributed by atoms with Crippen molar-refractivity contribution in [2.75, 3.05) is 5.32 Å². The minimum absolute atomic E-state index is 0. The molecule has 1 aromatic carbocycles. The van der Waals surface area contributed by atoms with Gasteiger partial charge in [0, 0.05) is 23.4 Å². The van der Waals surface area contributed by atoms with Crippen LogP contribution < -0.4 is 23.1 Å². The Balaban J connectivity index is 0.00000241. The van der Waals surface area contributed by atoms with Crippen LogP contribution in [0.5, 0.6) is 0 Å². The molecule has 14 heteroatoms. The number of anilines is 1. The van der Waals surface area contributed by atoms with Gasteiger partial charge in [-0.25, -0.2) is 23.7 Å². The van der Waals surface area contributed by atoms with E-state index in [1.807, 2.05) is 6.07 Å². The van der Waals surface area contributed by atoms with Gasteiger partial charge in [-0.3, -0.25) is 4.57 Å². The van der Waals surface area contributed by atoms with Crippen molar-refractivity contribution in [2.45, 2.75) is 19.9 Å². The van der Waals surface area contributed by atoms with Crippen LogP contribution in [-0.4, -0.2) is 24.7 Å². The van der Waals surface area contributed by atoms with Gasteiger partial charge >= 0.3 is 7.60 Å². The van der Waals surface area contributed by atoms with Crippen molar-refractivity contribution < 1.29 is 23.1 Å². The van der Waals surface area contributed by atoms with Crippen LogP contribution in [0.15, 0.2) is 42.6 Å². The lowest BCUT2D eigenvalue weighted by atomic mass is 10.0. The summed E-state index contributed by atoms with van der Waals surface area (Å²) in [6.45, 7) is 3.30. The summed E-state index contributed by atoms with van der Waals surface area (Å²) < 4.78 is 40.8. The lowest BCUT2D eigenvalue weighted by molar-refractivity contribution is 0.386. The maximum atomic E-state index is 15.0. The number of fused-ring (bicyclic) bond motifs is 1. The Bertz CT molecular complexity index is 1560. The minimum Gasteiger partial charge on any atom is -0.375 e. The zero-order valence-electron chi connectivity index (χ0n) is 19.7. The molecule has 0 saturated heterocycles. The van der Waals surface area contributed by atoms with Crippen molar-refractivity contribution in [2.24, 2.45) is 0 Å². The summed E-state index contributed by atoms with van der Waals surface area (Å²) in [6, 6.07) is 8.85. The summed E-state index contributed by atoms with van der Waals surface area (Å²) in [5.74, 6) is -1.25. The summed E-state index contributed by atoms with van der Waals surface area (Å²) >= 11 is 6.51. The number of rotatable bonds is 5. The van der Waals surface area contributed by atoms with Crippen molar-refractivity contribution in [3.8, 4) is 17.3 Å². The third-order valence-electron chi connectivity index (χ3n) is 5.29. The summed E-state index contributed by atoms with van der Waals surface area (Å²) in [7, 11) is -4.57. The fourth-order valence-electron chi connectivity index (χ4n) is 3.54.